The summed E-state index contributed by atoms with van der Waals surface area (Å²) in [6.45, 7) is 17.1. The highest BCUT2D eigenvalue weighted by molar-refractivity contribution is 5.80. The molecule has 1 saturated heterocycles. The van der Waals surface area contributed by atoms with E-state index in [9.17, 15) is 0 Å². The molecule has 2 rings (SSSR count). The molecule has 140 valence electrons. The van der Waals surface area contributed by atoms with Gasteiger partial charge >= 0.3 is 0 Å². The zero-order chi connectivity index (χ0) is 18.1. The van der Waals surface area contributed by atoms with Crippen LogP contribution in [0.3, 0.4) is 0 Å². The van der Waals surface area contributed by atoms with Crippen molar-refractivity contribution in [1.29, 1.82) is 0 Å². The monoisotopic (exact) mass is 345 g/mol. The van der Waals surface area contributed by atoms with Crippen molar-refractivity contribution in [2.45, 2.75) is 46.8 Å². The summed E-state index contributed by atoms with van der Waals surface area (Å²) >= 11 is 0. The number of rotatable bonds is 7. The van der Waals surface area contributed by atoms with Crippen LogP contribution < -0.4 is 10.6 Å². The van der Waals surface area contributed by atoms with Crippen molar-refractivity contribution in [2.75, 3.05) is 39.3 Å². The maximum atomic E-state index is 4.77. The smallest absolute Gasteiger partial charge is 0.191 e. The van der Waals surface area contributed by atoms with Crippen LogP contribution in [0.25, 0.3) is 0 Å². The molecule has 1 aromatic rings. The molecule has 0 amide bonds. The number of guanidine groups is 1. The molecule has 5 nitrogen and oxygen atoms in total. The Bertz CT molecular complexity index is 533. The van der Waals surface area contributed by atoms with Gasteiger partial charge in [0.2, 0.25) is 0 Å². The molecule has 2 N–H and O–H groups in total. The third-order valence-corrected chi connectivity index (χ3v) is 4.60. The standard InChI is InChI=1S/C20H35N5/c1-5-21-20(23-17(3)4)22-15-18-9-7-8-10-19(18)16-25-13-11-24(6-2)12-14-25/h7-10,17H,5-6,11-16H2,1-4H3,(H2,21,22,23). The molecule has 0 spiro atoms. The summed E-state index contributed by atoms with van der Waals surface area (Å²) in [5.74, 6) is 0.892. The van der Waals surface area contributed by atoms with Crippen LogP contribution in [0, 0.1) is 0 Å². The topological polar surface area (TPSA) is 42.9 Å². The van der Waals surface area contributed by atoms with E-state index in [1.165, 1.54) is 24.2 Å². The summed E-state index contributed by atoms with van der Waals surface area (Å²) in [6, 6.07) is 9.09. The Morgan fingerprint density at radius 3 is 2.28 bits per heavy atom. The lowest BCUT2D eigenvalue weighted by Gasteiger charge is -2.34. The fourth-order valence-corrected chi connectivity index (χ4v) is 3.13. The molecule has 5 heteroatoms. The van der Waals surface area contributed by atoms with E-state index in [1.807, 2.05) is 0 Å². The van der Waals surface area contributed by atoms with Crippen LogP contribution in [0.15, 0.2) is 29.3 Å². The zero-order valence-corrected chi connectivity index (χ0v) is 16.4. The molecule has 1 aliphatic rings. The van der Waals surface area contributed by atoms with Gasteiger partial charge in [0, 0.05) is 45.3 Å². The second-order valence-electron chi connectivity index (χ2n) is 6.97. The molecular formula is C20H35N5. The summed E-state index contributed by atoms with van der Waals surface area (Å²) < 4.78 is 0. The zero-order valence-electron chi connectivity index (χ0n) is 16.4. The number of nitrogens with zero attached hydrogens (tertiary/aromatic N) is 3. The van der Waals surface area contributed by atoms with Gasteiger partial charge in [0.1, 0.15) is 0 Å². The average molecular weight is 346 g/mol. The number of piperazine rings is 1. The van der Waals surface area contributed by atoms with E-state index in [0.29, 0.717) is 12.6 Å². The lowest BCUT2D eigenvalue weighted by Crippen LogP contribution is -2.45. The van der Waals surface area contributed by atoms with E-state index in [1.54, 1.807) is 0 Å². The fourth-order valence-electron chi connectivity index (χ4n) is 3.13. The first-order valence-corrected chi connectivity index (χ1v) is 9.68. The van der Waals surface area contributed by atoms with Crippen LogP contribution in [0.2, 0.25) is 0 Å². The van der Waals surface area contributed by atoms with Gasteiger partial charge in [-0.2, -0.15) is 0 Å². The van der Waals surface area contributed by atoms with Crippen LogP contribution in [0.5, 0.6) is 0 Å². The predicted molar refractivity (Wildman–Crippen MR) is 107 cm³/mol. The van der Waals surface area contributed by atoms with Gasteiger partial charge in [-0.3, -0.25) is 4.90 Å². The summed E-state index contributed by atoms with van der Waals surface area (Å²) in [5, 5.41) is 6.71. The fraction of sp³-hybridized carbons (Fsp3) is 0.650. The lowest BCUT2D eigenvalue weighted by atomic mass is 10.1. The quantitative estimate of drug-likeness (QED) is 0.588. The third kappa shape index (κ3) is 6.67. The molecular weight excluding hydrogens is 310 g/mol. The third-order valence-electron chi connectivity index (χ3n) is 4.60. The van der Waals surface area contributed by atoms with Crippen molar-refractivity contribution in [3.05, 3.63) is 35.4 Å². The van der Waals surface area contributed by atoms with E-state index in [4.69, 9.17) is 4.99 Å². The Balaban J connectivity index is 1.99. The lowest BCUT2D eigenvalue weighted by molar-refractivity contribution is 0.131. The Kier molecular flexibility index (Phi) is 8.22. The first-order chi connectivity index (χ1) is 12.1. The molecule has 0 atom stereocenters. The van der Waals surface area contributed by atoms with Gasteiger partial charge in [-0.05, 0) is 38.4 Å². The van der Waals surface area contributed by atoms with Gasteiger partial charge in [0.15, 0.2) is 5.96 Å². The van der Waals surface area contributed by atoms with Crippen molar-refractivity contribution in [2.24, 2.45) is 4.99 Å². The maximum Gasteiger partial charge on any atom is 0.191 e. The molecule has 1 heterocycles. The van der Waals surface area contributed by atoms with Gasteiger partial charge in [-0.15, -0.1) is 0 Å². The summed E-state index contributed by atoms with van der Waals surface area (Å²) in [5.41, 5.74) is 2.72. The SMILES string of the molecule is CCNC(=NCc1ccccc1CN1CCN(CC)CC1)NC(C)C. The molecule has 0 aliphatic carbocycles. The van der Waals surface area contributed by atoms with Crippen LogP contribution in [-0.2, 0) is 13.1 Å². The van der Waals surface area contributed by atoms with Gasteiger partial charge in [0.05, 0.1) is 6.54 Å². The van der Waals surface area contributed by atoms with Crippen molar-refractivity contribution in [1.82, 2.24) is 20.4 Å². The number of hydrogen-bond acceptors (Lipinski definition) is 3. The number of likely N-dealkylation sites (N-methyl/N-ethyl adjacent to an activating group) is 1. The van der Waals surface area contributed by atoms with Crippen LogP contribution in [-0.4, -0.2) is 61.1 Å². The minimum atomic E-state index is 0.378. The predicted octanol–water partition coefficient (Wildman–Crippen LogP) is 2.29. The second-order valence-corrected chi connectivity index (χ2v) is 6.97. The van der Waals surface area contributed by atoms with Crippen molar-refractivity contribution >= 4 is 5.96 Å². The molecule has 25 heavy (non-hydrogen) atoms. The summed E-state index contributed by atoms with van der Waals surface area (Å²) in [6.07, 6.45) is 0. The summed E-state index contributed by atoms with van der Waals surface area (Å²) in [4.78, 5) is 9.85. The number of benzene rings is 1. The Labute approximate surface area is 153 Å². The van der Waals surface area contributed by atoms with Crippen LogP contribution in [0.1, 0.15) is 38.8 Å². The van der Waals surface area contributed by atoms with Crippen LogP contribution >= 0.6 is 0 Å². The Morgan fingerprint density at radius 1 is 1.04 bits per heavy atom. The van der Waals surface area contributed by atoms with Crippen LogP contribution in [0.4, 0.5) is 0 Å². The normalized spacial score (nSPS) is 17.1. The van der Waals surface area contributed by atoms with E-state index >= 15 is 0 Å². The summed E-state index contributed by atoms with van der Waals surface area (Å²) in [7, 11) is 0. The minimum absolute atomic E-state index is 0.378. The molecule has 1 aromatic carbocycles. The largest absolute Gasteiger partial charge is 0.357 e. The molecule has 0 bridgehead atoms. The molecule has 1 aliphatic heterocycles. The molecule has 0 saturated carbocycles. The molecule has 0 radical (unpaired) electrons. The highest BCUT2D eigenvalue weighted by Gasteiger charge is 2.16. The number of nitrogens with one attached hydrogen (secondary N) is 2. The number of aliphatic imine (C=N–C) groups is 1. The van der Waals surface area contributed by atoms with E-state index < -0.39 is 0 Å². The Hall–Kier alpha value is -1.59. The van der Waals surface area contributed by atoms with Crippen molar-refractivity contribution in [3.8, 4) is 0 Å². The van der Waals surface area contributed by atoms with Crippen molar-refractivity contribution in [3.63, 3.8) is 0 Å². The van der Waals surface area contributed by atoms with E-state index in [2.05, 4.69) is 72.4 Å². The first-order valence-electron chi connectivity index (χ1n) is 9.68. The van der Waals surface area contributed by atoms with E-state index in [0.717, 1.165) is 38.7 Å². The highest BCUT2D eigenvalue weighted by atomic mass is 15.3. The minimum Gasteiger partial charge on any atom is -0.357 e. The average Bonchev–Trinajstić information content (AvgIpc) is 2.61. The van der Waals surface area contributed by atoms with Gasteiger partial charge < -0.3 is 15.5 Å². The first kappa shape index (κ1) is 19.7. The molecule has 1 fully saturated rings. The highest BCUT2D eigenvalue weighted by Crippen LogP contribution is 2.14. The van der Waals surface area contributed by atoms with Gasteiger partial charge in [-0.25, -0.2) is 4.99 Å². The van der Waals surface area contributed by atoms with Gasteiger partial charge in [0.25, 0.3) is 0 Å². The number of hydrogen-bond donors (Lipinski definition) is 2. The Morgan fingerprint density at radius 2 is 1.68 bits per heavy atom. The van der Waals surface area contributed by atoms with Crippen molar-refractivity contribution < 1.29 is 0 Å². The molecule has 0 unspecified atom stereocenters. The maximum absolute atomic E-state index is 4.77. The second kappa shape index (κ2) is 10.4. The van der Waals surface area contributed by atoms with E-state index in [-0.39, 0.29) is 0 Å². The van der Waals surface area contributed by atoms with Gasteiger partial charge in [-0.1, -0.05) is 31.2 Å². The molecule has 0 aromatic heterocycles.